The third-order valence-corrected chi connectivity index (χ3v) is 4.98. The minimum atomic E-state index is 0. The van der Waals surface area contributed by atoms with Crippen LogP contribution in [0, 0.1) is 27.7 Å². The Morgan fingerprint density at radius 2 is 1.26 bits per heavy atom. The van der Waals surface area contributed by atoms with Crippen molar-refractivity contribution in [2.45, 2.75) is 67.2 Å². The molecule has 0 N–H and O–H groups in total. The van der Waals surface area contributed by atoms with Crippen LogP contribution in [0.1, 0.15) is 61.8 Å². The smallest absolute Gasteiger partial charge is 0.0636 e. The van der Waals surface area contributed by atoms with Gasteiger partial charge in [-0.2, -0.15) is 0 Å². The van der Waals surface area contributed by atoms with Crippen molar-refractivity contribution >= 4 is 22.8 Å². The normalized spacial score (nSPS) is 12.1. The van der Waals surface area contributed by atoms with Crippen LogP contribution in [0.5, 0.6) is 0 Å². The van der Waals surface area contributed by atoms with E-state index in [9.17, 15) is 0 Å². The van der Waals surface area contributed by atoms with Crippen molar-refractivity contribution < 1.29 is 16.5 Å². The van der Waals surface area contributed by atoms with Gasteiger partial charge in [-0.05, 0) is 94.0 Å². The first-order valence-electron chi connectivity index (χ1n) is 9.68. The van der Waals surface area contributed by atoms with E-state index in [-0.39, 0.29) is 16.5 Å². The molecule has 0 atom stereocenters. The van der Waals surface area contributed by atoms with Crippen LogP contribution in [0.15, 0.2) is 46.4 Å². The molecule has 0 saturated carbocycles. The van der Waals surface area contributed by atoms with Gasteiger partial charge in [-0.25, -0.2) is 0 Å². The fourth-order valence-corrected chi connectivity index (χ4v) is 2.86. The molecule has 0 radical (unpaired) electrons. The topological polar surface area (TPSA) is 24.7 Å². The van der Waals surface area contributed by atoms with Crippen molar-refractivity contribution in [1.82, 2.24) is 0 Å². The van der Waals surface area contributed by atoms with Crippen LogP contribution < -0.4 is 0 Å². The molecule has 0 aromatic heterocycles. The molecular formula is C24H32N2Ni. The van der Waals surface area contributed by atoms with Crippen LogP contribution in [0.2, 0.25) is 0 Å². The van der Waals surface area contributed by atoms with Crippen molar-refractivity contribution in [2.75, 3.05) is 0 Å². The van der Waals surface area contributed by atoms with Gasteiger partial charge in [0.25, 0.3) is 0 Å². The molecule has 0 fully saturated rings. The Bertz CT molecular complexity index is 819. The second-order valence-corrected chi connectivity index (χ2v) is 7.25. The number of nitrogens with zero attached hydrogens (tertiary/aromatic N) is 2. The van der Waals surface area contributed by atoms with Crippen LogP contribution in [-0.4, -0.2) is 11.4 Å². The van der Waals surface area contributed by atoms with E-state index in [2.05, 4.69) is 77.9 Å². The molecule has 0 spiro atoms. The summed E-state index contributed by atoms with van der Waals surface area (Å²) in [5.74, 6) is 0. The Morgan fingerprint density at radius 3 is 1.74 bits per heavy atom. The number of benzene rings is 2. The first-order valence-corrected chi connectivity index (χ1v) is 9.68. The van der Waals surface area contributed by atoms with Gasteiger partial charge in [0, 0.05) is 16.5 Å². The van der Waals surface area contributed by atoms with Gasteiger partial charge in [0.15, 0.2) is 0 Å². The van der Waals surface area contributed by atoms with Gasteiger partial charge in [-0.3, -0.25) is 9.98 Å². The van der Waals surface area contributed by atoms with E-state index < -0.39 is 0 Å². The van der Waals surface area contributed by atoms with Gasteiger partial charge >= 0.3 is 0 Å². The Morgan fingerprint density at radius 1 is 0.741 bits per heavy atom. The molecule has 0 aliphatic carbocycles. The van der Waals surface area contributed by atoms with E-state index in [4.69, 9.17) is 9.98 Å². The minimum Gasteiger partial charge on any atom is -0.252 e. The molecule has 3 heteroatoms. The van der Waals surface area contributed by atoms with Gasteiger partial charge in [0.2, 0.25) is 0 Å². The summed E-state index contributed by atoms with van der Waals surface area (Å²) in [5.41, 5.74) is 9.30. The summed E-state index contributed by atoms with van der Waals surface area (Å²) in [5, 5.41) is 0. The van der Waals surface area contributed by atoms with Crippen LogP contribution in [0.3, 0.4) is 0 Å². The number of aryl methyl sites for hydroxylation is 4. The standard InChI is InChI=1S/C24H32N2.Ni/c1-7-8-9-10-24(26-23-14-12-18(3)20(5)16-23)21(6)25-22-13-11-17(2)19(4)15-22;/h11-16H,7-10H2,1-6H3;. The predicted molar refractivity (Wildman–Crippen MR) is 116 cm³/mol. The maximum Gasteiger partial charge on any atom is 0.0636 e. The van der Waals surface area contributed by atoms with Crippen molar-refractivity contribution in [3.8, 4) is 0 Å². The van der Waals surface area contributed by atoms with Gasteiger partial charge in [0.05, 0.1) is 22.8 Å². The van der Waals surface area contributed by atoms with Gasteiger partial charge in [-0.1, -0.05) is 31.9 Å². The third kappa shape index (κ3) is 7.07. The molecule has 0 aliphatic heterocycles. The van der Waals surface area contributed by atoms with Crippen molar-refractivity contribution in [2.24, 2.45) is 9.98 Å². The second kappa shape index (κ2) is 11.2. The predicted octanol–water partition coefficient (Wildman–Crippen LogP) is 7.36. The van der Waals surface area contributed by atoms with Gasteiger partial charge in [-0.15, -0.1) is 0 Å². The summed E-state index contributed by atoms with van der Waals surface area (Å²) < 4.78 is 0. The Balaban J connectivity index is 0.00000364. The van der Waals surface area contributed by atoms with Crippen molar-refractivity contribution in [3.05, 3.63) is 58.7 Å². The molecule has 0 saturated heterocycles. The molecule has 2 nitrogen and oxygen atoms in total. The molecule has 0 bridgehead atoms. The van der Waals surface area contributed by atoms with E-state index in [0.717, 1.165) is 35.6 Å². The Kier molecular flexibility index (Phi) is 9.66. The Hall–Kier alpha value is -1.73. The first kappa shape index (κ1) is 23.3. The van der Waals surface area contributed by atoms with E-state index >= 15 is 0 Å². The summed E-state index contributed by atoms with van der Waals surface area (Å²) >= 11 is 0. The van der Waals surface area contributed by atoms with Crippen LogP contribution >= 0.6 is 0 Å². The fourth-order valence-electron chi connectivity index (χ4n) is 2.86. The summed E-state index contributed by atoms with van der Waals surface area (Å²) in [6, 6.07) is 12.8. The average molecular weight is 407 g/mol. The number of rotatable bonds is 7. The fraction of sp³-hybridized carbons (Fsp3) is 0.417. The second-order valence-electron chi connectivity index (χ2n) is 7.25. The molecule has 0 aliphatic rings. The van der Waals surface area contributed by atoms with E-state index in [1.54, 1.807) is 0 Å². The van der Waals surface area contributed by atoms with Gasteiger partial charge < -0.3 is 0 Å². The summed E-state index contributed by atoms with van der Waals surface area (Å²) in [7, 11) is 0. The average Bonchev–Trinajstić information content (AvgIpc) is 2.60. The largest absolute Gasteiger partial charge is 0.252 e. The van der Waals surface area contributed by atoms with Crippen LogP contribution in [-0.2, 0) is 16.5 Å². The molecular weight excluding hydrogens is 375 g/mol. The zero-order valence-electron chi connectivity index (χ0n) is 17.5. The van der Waals surface area contributed by atoms with E-state index in [1.165, 1.54) is 35.1 Å². The number of hydrogen-bond acceptors (Lipinski definition) is 2. The van der Waals surface area contributed by atoms with Crippen LogP contribution in [0.25, 0.3) is 0 Å². The number of unbranched alkanes of at least 4 members (excludes halogenated alkanes) is 2. The van der Waals surface area contributed by atoms with Crippen LogP contribution in [0.4, 0.5) is 11.4 Å². The molecule has 148 valence electrons. The van der Waals surface area contributed by atoms with Crippen molar-refractivity contribution in [1.29, 1.82) is 0 Å². The summed E-state index contributed by atoms with van der Waals surface area (Å²) in [4.78, 5) is 9.82. The first-order chi connectivity index (χ1) is 12.4. The minimum absolute atomic E-state index is 0. The van der Waals surface area contributed by atoms with E-state index in [1.807, 2.05) is 0 Å². The quantitative estimate of drug-likeness (QED) is 0.260. The molecule has 2 aromatic rings. The molecule has 0 amide bonds. The van der Waals surface area contributed by atoms with E-state index in [0.29, 0.717) is 0 Å². The maximum atomic E-state index is 4.95. The number of aliphatic imine (C=N–C) groups is 2. The van der Waals surface area contributed by atoms with Crippen molar-refractivity contribution in [3.63, 3.8) is 0 Å². The van der Waals surface area contributed by atoms with Gasteiger partial charge in [0.1, 0.15) is 0 Å². The molecule has 2 aromatic carbocycles. The maximum absolute atomic E-state index is 4.95. The molecule has 2 rings (SSSR count). The Labute approximate surface area is 175 Å². The summed E-state index contributed by atoms with van der Waals surface area (Å²) in [6.45, 7) is 12.9. The summed E-state index contributed by atoms with van der Waals surface area (Å²) in [6.07, 6.45) is 4.56. The monoisotopic (exact) mass is 406 g/mol. The zero-order valence-corrected chi connectivity index (χ0v) is 18.5. The molecule has 0 unspecified atom stereocenters. The molecule has 0 heterocycles. The third-order valence-electron chi connectivity index (χ3n) is 4.98. The number of hydrogen-bond donors (Lipinski definition) is 0. The SMILES string of the molecule is CCCCCC(=Nc1ccc(C)c(C)c1)C(C)=Nc1ccc(C)c(C)c1.[Ni]. The zero-order chi connectivity index (χ0) is 19.1. The molecule has 27 heavy (non-hydrogen) atoms.